The largest absolute Gasteiger partial charge is 0.393 e. The van der Waals surface area contributed by atoms with E-state index in [4.69, 9.17) is 5.73 Å². The Bertz CT molecular complexity index is 414. The first kappa shape index (κ1) is 13.1. The van der Waals surface area contributed by atoms with Crippen LogP contribution < -0.4 is 5.73 Å². The smallest absolute Gasteiger partial charge is 0.0575 e. The zero-order valence-electron chi connectivity index (χ0n) is 11.5. The molecular formula is C16H24N2O. The van der Waals surface area contributed by atoms with Crippen LogP contribution in [0.15, 0.2) is 30.3 Å². The first-order chi connectivity index (χ1) is 9.16. The van der Waals surface area contributed by atoms with E-state index in [9.17, 15) is 5.11 Å². The molecule has 1 aromatic rings. The van der Waals surface area contributed by atoms with Crippen LogP contribution in [0.25, 0.3) is 0 Å². The van der Waals surface area contributed by atoms with Crippen molar-refractivity contribution in [3.05, 3.63) is 35.9 Å². The summed E-state index contributed by atoms with van der Waals surface area (Å²) in [5, 5.41) is 9.52. The van der Waals surface area contributed by atoms with Crippen LogP contribution in [-0.2, 0) is 6.54 Å². The van der Waals surface area contributed by atoms with E-state index in [2.05, 4.69) is 35.2 Å². The van der Waals surface area contributed by atoms with Crippen LogP contribution in [0.4, 0.5) is 0 Å². The summed E-state index contributed by atoms with van der Waals surface area (Å²) in [5.41, 5.74) is 7.71. The predicted molar refractivity (Wildman–Crippen MR) is 76.6 cm³/mol. The third kappa shape index (κ3) is 2.83. The van der Waals surface area contributed by atoms with Gasteiger partial charge in [0.05, 0.1) is 6.10 Å². The predicted octanol–water partition coefficient (Wildman–Crippen LogP) is 1.75. The normalized spacial score (nSPS) is 35.9. The number of hydrogen-bond donors (Lipinski definition) is 2. The highest BCUT2D eigenvalue weighted by atomic mass is 16.3. The molecule has 2 fully saturated rings. The minimum atomic E-state index is -0.158. The number of benzene rings is 1. The standard InChI is InChI=1S/C16H24N2O/c17-16(9-15(19)10-16)14-7-4-8-18(12-14)11-13-5-2-1-3-6-13/h1-3,5-6,14-15,19H,4,7-12,17H2. The molecule has 1 aromatic carbocycles. The molecule has 1 aliphatic heterocycles. The molecule has 1 atom stereocenters. The van der Waals surface area contributed by atoms with E-state index < -0.39 is 0 Å². The Hall–Kier alpha value is -0.900. The van der Waals surface area contributed by atoms with Crippen LogP contribution in [-0.4, -0.2) is 34.7 Å². The van der Waals surface area contributed by atoms with E-state index in [0.29, 0.717) is 5.92 Å². The molecular weight excluding hydrogens is 236 g/mol. The van der Waals surface area contributed by atoms with Crippen LogP contribution in [0.1, 0.15) is 31.2 Å². The lowest BCUT2D eigenvalue weighted by Gasteiger charge is -2.51. The molecule has 1 saturated carbocycles. The van der Waals surface area contributed by atoms with Gasteiger partial charge in [0.25, 0.3) is 0 Å². The molecule has 104 valence electrons. The highest BCUT2D eigenvalue weighted by Gasteiger charge is 2.46. The van der Waals surface area contributed by atoms with E-state index in [0.717, 1.165) is 25.9 Å². The van der Waals surface area contributed by atoms with Crippen molar-refractivity contribution in [2.45, 2.75) is 43.9 Å². The number of aliphatic hydroxyl groups is 1. The summed E-state index contributed by atoms with van der Waals surface area (Å²) in [7, 11) is 0. The van der Waals surface area contributed by atoms with Crippen molar-refractivity contribution in [3.8, 4) is 0 Å². The highest BCUT2D eigenvalue weighted by Crippen LogP contribution is 2.40. The zero-order valence-corrected chi connectivity index (χ0v) is 11.5. The van der Waals surface area contributed by atoms with E-state index in [1.807, 2.05) is 0 Å². The van der Waals surface area contributed by atoms with Crippen LogP contribution in [0.3, 0.4) is 0 Å². The Morgan fingerprint density at radius 3 is 2.68 bits per heavy atom. The summed E-state index contributed by atoms with van der Waals surface area (Å²) in [5.74, 6) is 0.549. The average Bonchev–Trinajstić information content (AvgIpc) is 2.39. The molecule has 1 saturated heterocycles. The minimum absolute atomic E-state index is 0.102. The Balaban J connectivity index is 1.59. The number of rotatable bonds is 3. The first-order valence-electron chi connectivity index (χ1n) is 7.39. The summed E-state index contributed by atoms with van der Waals surface area (Å²) >= 11 is 0. The van der Waals surface area contributed by atoms with Crippen LogP contribution in [0.2, 0.25) is 0 Å². The first-order valence-corrected chi connectivity index (χ1v) is 7.39. The number of hydrogen-bond acceptors (Lipinski definition) is 3. The fourth-order valence-electron chi connectivity index (χ4n) is 3.66. The molecule has 3 heteroatoms. The van der Waals surface area contributed by atoms with Crippen molar-refractivity contribution in [2.75, 3.05) is 13.1 Å². The van der Waals surface area contributed by atoms with Gasteiger partial charge in [-0.2, -0.15) is 0 Å². The van der Waals surface area contributed by atoms with E-state index in [1.54, 1.807) is 0 Å². The molecule has 19 heavy (non-hydrogen) atoms. The van der Waals surface area contributed by atoms with Gasteiger partial charge in [-0.3, -0.25) is 4.90 Å². The van der Waals surface area contributed by atoms with Crippen molar-refractivity contribution in [3.63, 3.8) is 0 Å². The lowest BCUT2D eigenvalue weighted by atomic mass is 9.65. The van der Waals surface area contributed by atoms with Gasteiger partial charge in [-0.25, -0.2) is 0 Å². The number of piperidine rings is 1. The molecule has 2 aliphatic rings. The number of aliphatic hydroxyl groups excluding tert-OH is 1. The lowest BCUT2D eigenvalue weighted by molar-refractivity contribution is -0.0295. The second-order valence-corrected chi connectivity index (χ2v) is 6.36. The third-order valence-corrected chi connectivity index (χ3v) is 4.80. The summed E-state index contributed by atoms with van der Waals surface area (Å²) < 4.78 is 0. The quantitative estimate of drug-likeness (QED) is 0.870. The Labute approximate surface area is 115 Å². The van der Waals surface area contributed by atoms with Crippen molar-refractivity contribution in [1.82, 2.24) is 4.90 Å². The summed E-state index contributed by atoms with van der Waals surface area (Å²) in [6.45, 7) is 3.28. The molecule has 3 N–H and O–H groups in total. The molecule has 1 heterocycles. The molecule has 1 aliphatic carbocycles. The Kier molecular flexibility index (Phi) is 3.61. The van der Waals surface area contributed by atoms with Gasteiger partial charge < -0.3 is 10.8 Å². The van der Waals surface area contributed by atoms with Gasteiger partial charge in [0, 0.05) is 18.6 Å². The van der Waals surface area contributed by atoms with Crippen LogP contribution >= 0.6 is 0 Å². The fraction of sp³-hybridized carbons (Fsp3) is 0.625. The van der Waals surface area contributed by atoms with Gasteiger partial charge in [-0.05, 0) is 43.7 Å². The Morgan fingerprint density at radius 2 is 2.00 bits per heavy atom. The molecule has 0 spiro atoms. The molecule has 3 rings (SSSR count). The maximum absolute atomic E-state index is 9.52. The van der Waals surface area contributed by atoms with Crippen molar-refractivity contribution in [1.29, 1.82) is 0 Å². The second kappa shape index (κ2) is 5.23. The number of nitrogens with two attached hydrogens (primary N) is 1. The fourth-order valence-corrected chi connectivity index (χ4v) is 3.66. The van der Waals surface area contributed by atoms with E-state index >= 15 is 0 Å². The van der Waals surface area contributed by atoms with Gasteiger partial charge in [0.15, 0.2) is 0 Å². The van der Waals surface area contributed by atoms with E-state index in [-0.39, 0.29) is 11.6 Å². The van der Waals surface area contributed by atoms with Crippen molar-refractivity contribution >= 4 is 0 Å². The maximum atomic E-state index is 9.52. The van der Waals surface area contributed by atoms with Crippen molar-refractivity contribution < 1.29 is 5.11 Å². The average molecular weight is 260 g/mol. The SMILES string of the molecule is NC1(C2CCCN(Cc3ccccc3)C2)CC(O)C1. The maximum Gasteiger partial charge on any atom is 0.0575 e. The van der Waals surface area contributed by atoms with Gasteiger partial charge >= 0.3 is 0 Å². The van der Waals surface area contributed by atoms with Crippen molar-refractivity contribution in [2.24, 2.45) is 11.7 Å². The van der Waals surface area contributed by atoms with Crippen LogP contribution in [0, 0.1) is 5.92 Å². The molecule has 0 bridgehead atoms. The third-order valence-electron chi connectivity index (χ3n) is 4.80. The highest BCUT2D eigenvalue weighted by molar-refractivity contribution is 5.15. The van der Waals surface area contributed by atoms with Gasteiger partial charge in [0.2, 0.25) is 0 Å². The van der Waals surface area contributed by atoms with Crippen LogP contribution in [0.5, 0.6) is 0 Å². The number of nitrogens with zero attached hydrogens (tertiary/aromatic N) is 1. The summed E-state index contributed by atoms with van der Waals surface area (Å²) in [6.07, 6.45) is 3.86. The van der Waals surface area contributed by atoms with Gasteiger partial charge in [0.1, 0.15) is 0 Å². The summed E-state index contributed by atoms with van der Waals surface area (Å²) in [6, 6.07) is 10.6. The second-order valence-electron chi connectivity index (χ2n) is 6.36. The van der Waals surface area contributed by atoms with Gasteiger partial charge in [-0.15, -0.1) is 0 Å². The molecule has 1 unspecified atom stereocenters. The number of likely N-dealkylation sites (tertiary alicyclic amines) is 1. The topological polar surface area (TPSA) is 49.5 Å². The molecule has 0 amide bonds. The van der Waals surface area contributed by atoms with E-state index in [1.165, 1.54) is 24.9 Å². The summed E-state index contributed by atoms with van der Waals surface area (Å²) in [4.78, 5) is 2.52. The minimum Gasteiger partial charge on any atom is -0.393 e. The van der Waals surface area contributed by atoms with Gasteiger partial charge in [-0.1, -0.05) is 30.3 Å². The molecule has 3 nitrogen and oxygen atoms in total. The molecule has 0 radical (unpaired) electrons. The lowest BCUT2D eigenvalue weighted by Crippen LogP contribution is -2.62. The Morgan fingerprint density at radius 1 is 1.26 bits per heavy atom. The molecule has 0 aromatic heterocycles. The zero-order chi connectivity index (χ0) is 13.3. The monoisotopic (exact) mass is 260 g/mol.